The van der Waals surface area contributed by atoms with Gasteiger partial charge in [0.15, 0.2) is 0 Å². The van der Waals surface area contributed by atoms with Crippen LogP contribution in [0.2, 0.25) is 0 Å². The Morgan fingerprint density at radius 1 is 0.837 bits per heavy atom. The largest absolute Gasteiger partial charge is 0.444 e. The fraction of sp³-hybridized carbons (Fsp3) is 0.643. The molecule has 1 heterocycles. The van der Waals surface area contributed by atoms with Gasteiger partial charge >= 0.3 is 18.2 Å². The molecular weight excluding hydrogens is 562 g/mol. The summed E-state index contributed by atoms with van der Waals surface area (Å²) in [6.07, 6.45) is 0.667. The molecule has 0 radical (unpaired) electrons. The number of hydrogen-bond acceptors (Lipinski definition) is 10. The third-order valence-corrected chi connectivity index (χ3v) is 4.36. The fourth-order valence-corrected chi connectivity index (χ4v) is 2.83. The van der Waals surface area contributed by atoms with Gasteiger partial charge in [-0.2, -0.15) is 0 Å². The van der Waals surface area contributed by atoms with Crippen molar-refractivity contribution in [3.8, 4) is 0 Å². The number of fused-ring (bicyclic) bond motifs is 1. The number of hydrogen-bond donors (Lipinski definition) is 4. The zero-order chi connectivity index (χ0) is 32.2. The number of carbonyl (C=O) groups is 4. The molecule has 246 valence electrons. The summed E-state index contributed by atoms with van der Waals surface area (Å²) in [6, 6.07) is 7.16. The van der Waals surface area contributed by atoms with E-state index in [9.17, 15) is 19.2 Å². The van der Waals surface area contributed by atoms with Gasteiger partial charge in [-0.15, -0.1) is 5.10 Å². The third-order valence-electron chi connectivity index (χ3n) is 4.36. The average molecular weight is 614 g/mol. The molecule has 43 heavy (non-hydrogen) atoms. The first kappa shape index (κ1) is 41.2. The molecule has 0 unspecified atom stereocenters. The Balaban J connectivity index is 0. The highest BCUT2D eigenvalue weighted by Crippen LogP contribution is 2.09. The number of carbonyl (C=O) groups excluding carboxylic acids is 4. The van der Waals surface area contributed by atoms with Crippen molar-refractivity contribution in [1.82, 2.24) is 31.1 Å². The molecule has 0 spiro atoms. The van der Waals surface area contributed by atoms with E-state index in [4.69, 9.17) is 20.0 Å². The van der Waals surface area contributed by atoms with Crippen LogP contribution in [0.4, 0.5) is 9.59 Å². The van der Waals surface area contributed by atoms with E-state index in [0.717, 1.165) is 11.4 Å². The monoisotopic (exact) mass is 613 g/mol. The van der Waals surface area contributed by atoms with E-state index in [0.29, 0.717) is 49.9 Å². The summed E-state index contributed by atoms with van der Waals surface area (Å²) in [5, 5.41) is 15.5. The predicted octanol–water partition coefficient (Wildman–Crippen LogP) is 2.26. The van der Waals surface area contributed by atoms with Crippen LogP contribution in [0, 0.1) is 0 Å². The predicted molar refractivity (Wildman–Crippen MR) is 163 cm³/mol. The minimum atomic E-state index is -0.544. The summed E-state index contributed by atoms with van der Waals surface area (Å²) in [5.41, 5.74) is 5.08. The normalized spacial score (nSPS) is 10.4. The molecule has 0 saturated heterocycles. The number of nitrogens with two attached hydrogens (primary N) is 1. The molecule has 2 aromatic rings. The van der Waals surface area contributed by atoms with Gasteiger partial charge in [0.25, 0.3) is 0 Å². The van der Waals surface area contributed by atoms with E-state index in [1.54, 1.807) is 59.7 Å². The summed E-state index contributed by atoms with van der Waals surface area (Å²) < 4.78 is 10.1. The SMILES string of the molecule is CC(C)(C)OC(=O)NCCCC(=O)On1nnc2ccccc21.CCN.CCNC(=O)CCCNC(=O)OC(C)(C)C.O. The first-order chi connectivity index (χ1) is 19.6. The van der Waals surface area contributed by atoms with Gasteiger partial charge in [0.05, 0.1) is 0 Å². The van der Waals surface area contributed by atoms with Crippen molar-refractivity contribution in [2.24, 2.45) is 5.73 Å². The summed E-state index contributed by atoms with van der Waals surface area (Å²) in [7, 11) is 0. The van der Waals surface area contributed by atoms with Crippen LogP contribution in [0.3, 0.4) is 0 Å². The van der Waals surface area contributed by atoms with Gasteiger partial charge in [0.1, 0.15) is 22.2 Å². The fourth-order valence-electron chi connectivity index (χ4n) is 2.83. The molecule has 7 N–H and O–H groups in total. The lowest BCUT2D eigenvalue weighted by Gasteiger charge is -2.19. The highest BCUT2D eigenvalue weighted by Gasteiger charge is 2.16. The number of para-hydroxylation sites is 1. The average Bonchev–Trinajstić information content (AvgIpc) is 3.26. The lowest BCUT2D eigenvalue weighted by Crippen LogP contribution is -2.33. The molecule has 0 bridgehead atoms. The Morgan fingerprint density at radius 3 is 1.81 bits per heavy atom. The van der Waals surface area contributed by atoms with E-state index in [1.165, 1.54) is 0 Å². The maximum atomic E-state index is 11.8. The Hall–Kier alpha value is -3.98. The quantitative estimate of drug-likeness (QED) is 0.226. The summed E-state index contributed by atoms with van der Waals surface area (Å²) >= 11 is 0. The van der Waals surface area contributed by atoms with Crippen LogP contribution in [-0.4, -0.2) is 82.1 Å². The molecular formula is C28H51N7O8. The van der Waals surface area contributed by atoms with Crippen LogP contribution in [0.1, 0.15) is 81.1 Å². The lowest BCUT2D eigenvalue weighted by atomic mass is 10.2. The van der Waals surface area contributed by atoms with Gasteiger partial charge in [-0.05, 0) is 85.2 Å². The van der Waals surface area contributed by atoms with E-state index in [2.05, 4.69) is 26.3 Å². The van der Waals surface area contributed by atoms with Crippen LogP contribution in [0.5, 0.6) is 0 Å². The van der Waals surface area contributed by atoms with Crippen LogP contribution < -0.4 is 26.5 Å². The van der Waals surface area contributed by atoms with Crippen molar-refractivity contribution < 1.29 is 39.0 Å². The second kappa shape index (κ2) is 21.7. The Kier molecular flexibility index (Phi) is 20.8. The van der Waals surface area contributed by atoms with Gasteiger partial charge in [-0.3, -0.25) is 4.79 Å². The molecule has 15 nitrogen and oxygen atoms in total. The summed E-state index contributed by atoms with van der Waals surface area (Å²) in [4.78, 5) is 51.7. The van der Waals surface area contributed by atoms with Gasteiger partial charge in [-0.25, -0.2) is 14.4 Å². The zero-order valence-electron chi connectivity index (χ0n) is 26.7. The van der Waals surface area contributed by atoms with Crippen molar-refractivity contribution in [2.45, 2.75) is 92.3 Å². The van der Waals surface area contributed by atoms with Gasteiger partial charge in [0.2, 0.25) is 5.91 Å². The molecule has 0 aliphatic heterocycles. The Labute approximate surface area is 253 Å². The second-order valence-electron chi connectivity index (χ2n) is 10.8. The van der Waals surface area contributed by atoms with E-state index < -0.39 is 29.4 Å². The zero-order valence-corrected chi connectivity index (χ0v) is 26.7. The van der Waals surface area contributed by atoms with E-state index >= 15 is 0 Å². The van der Waals surface area contributed by atoms with Crippen molar-refractivity contribution in [3.05, 3.63) is 24.3 Å². The lowest BCUT2D eigenvalue weighted by molar-refractivity contribution is -0.145. The second-order valence-corrected chi connectivity index (χ2v) is 10.8. The van der Waals surface area contributed by atoms with Gasteiger partial charge < -0.3 is 41.5 Å². The third kappa shape index (κ3) is 22.3. The van der Waals surface area contributed by atoms with E-state index in [-0.39, 0.29) is 17.8 Å². The maximum absolute atomic E-state index is 11.8. The van der Waals surface area contributed by atoms with Crippen LogP contribution in [0.25, 0.3) is 11.0 Å². The number of rotatable bonds is 10. The molecule has 0 aliphatic rings. The Bertz CT molecular complexity index is 1090. The number of benzene rings is 1. The molecule has 3 amide bonds. The van der Waals surface area contributed by atoms with Crippen LogP contribution >= 0.6 is 0 Å². The van der Waals surface area contributed by atoms with Crippen molar-refractivity contribution in [2.75, 3.05) is 26.2 Å². The maximum Gasteiger partial charge on any atom is 0.407 e. The van der Waals surface area contributed by atoms with Gasteiger partial charge in [0, 0.05) is 32.5 Å². The van der Waals surface area contributed by atoms with Crippen LogP contribution in [-0.2, 0) is 19.1 Å². The first-order valence-electron chi connectivity index (χ1n) is 14.0. The summed E-state index contributed by atoms with van der Waals surface area (Å²) in [5.74, 6) is -0.444. The summed E-state index contributed by atoms with van der Waals surface area (Å²) in [6.45, 7) is 16.7. The van der Waals surface area contributed by atoms with E-state index in [1.807, 2.05) is 19.9 Å². The molecule has 1 aromatic carbocycles. The molecule has 1 aromatic heterocycles. The number of aromatic nitrogens is 3. The topological polar surface area (TPSA) is 220 Å². The van der Waals surface area contributed by atoms with Crippen molar-refractivity contribution in [1.29, 1.82) is 0 Å². The minimum Gasteiger partial charge on any atom is -0.444 e. The number of amides is 3. The van der Waals surface area contributed by atoms with Crippen molar-refractivity contribution >= 4 is 35.1 Å². The van der Waals surface area contributed by atoms with Gasteiger partial charge in [-0.1, -0.05) is 23.9 Å². The molecule has 15 heteroatoms. The minimum absolute atomic E-state index is 0. The van der Waals surface area contributed by atoms with Crippen molar-refractivity contribution in [3.63, 3.8) is 0 Å². The molecule has 0 aliphatic carbocycles. The molecule has 0 fully saturated rings. The number of nitrogens with one attached hydrogen (secondary N) is 3. The molecule has 0 atom stereocenters. The molecule has 0 saturated carbocycles. The first-order valence-corrected chi connectivity index (χ1v) is 14.0. The highest BCUT2D eigenvalue weighted by molar-refractivity contribution is 5.76. The number of nitrogens with zero attached hydrogens (tertiary/aromatic N) is 3. The van der Waals surface area contributed by atoms with Crippen LogP contribution in [0.15, 0.2) is 24.3 Å². The smallest absolute Gasteiger partial charge is 0.407 e. The number of ether oxygens (including phenoxy) is 2. The number of alkyl carbamates (subject to hydrolysis) is 2. The standard InChI is InChI=1S/C15H20N4O4.C11H22N2O3.C2H7N.H2O/c1-15(2,3)22-14(21)16-10-6-9-13(20)23-19-12-8-5-4-7-11(12)17-18-19;1-5-12-9(14)7-6-8-13-10(15)16-11(2,3)4;1-2-3;/h4-5,7-8H,6,9-10H2,1-3H3,(H,16,21);5-8H2,1-4H3,(H,12,14)(H,13,15);2-3H2,1H3;1H2. The molecule has 2 rings (SSSR count). The Morgan fingerprint density at radius 2 is 1.33 bits per heavy atom. The highest BCUT2D eigenvalue weighted by atomic mass is 16.7.